The van der Waals surface area contributed by atoms with Crippen LogP contribution in [0.1, 0.15) is 16.8 Å². The van der Waals surface area contributed by atoms with E-state index < -0.39 is 0 Å². The van der Waals surface area contributed by atoms with Crippen molar-refractivity contribution < 1.29 is 9.53 Å². The summed E-state index contributed by atoms with van der Waals surface area (Å²) in [5.74, 6) is 0.720. The van der Waals surface area contributed by atoms with Crippen molar-refractivity contribution in [2.24, 2.45) is 0 Å². The predicted octanol–water partition coefficient (Wildman–Crippen LogP) is 3.00. The molecule has 2 N–H and O–H groups in total. The van der Waals surface area contributed by atoms with Gasteiger partial charge in [-0.2, -0.15) is 0 Å². The quantitative estimate of drug-likeness (QED) is 0.688. The summed E-state index contributed by atoms with van der Waals surface area (Å²) in [5.41, 5.74) is 3.35. The molecule has 5 heteroatoms. The topological polar surface area (TPSA) is 67.0 Å². The van der Waals surface area contributed by atoms with Crippen LogP contribution in [0.25, 0.3) is 22.4 Å². The summed E-state index contributed by atoms with van der Waals surface area (Å²) in [6.45, 7) is 1.24. The fourth-order valence-electron chi connectivity index (χ4n) is 2.40. The molecule has 0 atom stereocenters. The van der Waals surface area contributed by atoms with Crippen molar-refractivity contribution in [1.29, 1.82) is 0 Å². The molecule has 0 aliphatic carbocycles. The van der Waals surface area contributed by atoms with Gasteiger partial charge in [0, 0.05) is 31.4 Å². The number of aromatic amines is 1. The molecule has 118 valence electrons. The third-order valence-corrected chi connectivity index (χ3v) is 3.60. The van der Waals surface area contributed by atoms with Crippen molar-refractivity contribution in [1.82, 2.24) is 15.3 Å². The zero-order chi connectivity index (χ0) is 16.1. The van der Waals surface area contributed by atoms with Gasteiger partial charge in [0.25, 0.3) is 5.91 Å². The van der Waals surface area contributed by atoms with Gasteiger partial charge in [-0.25, -0.2) is 4.98 Å². The number of carbonyl (C=O) groups is 1. The molecule has 0 fully saturated rings. The summed E-state index contributed by atoms with van der Waals surface area (Å²) >= 11 is 0. The SMILES string of the molecule is COCCCNC(=O)c1ccc2nc(-c3ccccc3)[nH]c2c1. The third kappa shape index (κ3) is 3.57. The number of nitrogens with one attached hydrogen (secondary N) is 2. The Balaban J connectivity index is 1.78. The van der Waals surface area contributed by atoms with E-state index in [0.717, 1.165) is 28.8 Å². The third-order valence-electron chi connectivity index (χ3n) is 3.60. The first-order valence-corrected chi connectivity index (χ1v) is 7.60. The van der Waals surface area contributed by atoms with Crippen LogP contribution in [0.3, 0.4) is 0 Å². The van der Waals surface area contributed by atoms with Gasteiger partial charge in [0.2, 0.25) is 0 Å². The van der Waals surface area contributed by atoms with E-state index in [0.29, 0.717) is 18.7 Å². The highest BCUT2D eigenvalue weighted by Gasteiger charge is 2.09. The number of hydrogen-bond acceptors (Lipinski definition) is 3. The van der Waals surface area contributed by atoms with Crippen LogP contribution in [0.2, 0.25) is 0 Å². The molecule has 2 aromatic carbocycles. The van der Waals surface area contributed by atoms with E-state index in [1.807, 2.05) is 42.5 Å². The summed E-state index contributed by atoms with van der Waals surface area (Å²) in [4.78, 5) is 20.0. The largest absolute Gasteiger partial charge is 0.385 e. The average molecular weight is 309 g/mol. The molecule has 1 aromatic heterocycles. The van der Waals surface area contributed by atoms with Gasteiger partial charge in [0.1, 0.15) is 5.82 Å². The second-order valence-electron chi connectivity index (χ2n) is 5.29. The van der Waals surface area contributed by atoms with Gasteiger partial charge in [-0.15, -0.1) is 0 Å². The lowest BCUT2D eigenvalue weighted by atomic mass is 10.2. The lowest BCUT2D eigenvalue weighted by molar-refractivity contribution is 0.0948. The number of carbonyl (C=O) groups excluding carboxylic acids is 1. The standard InChI is InChI=1S/C18H19N3O2/c1-23-11-5-10-19-18(22)14-8-9-15-16(12-14)21-17(20-15)13-6-3-2-4-7-13/h2-4,6-9,12H,5,10-11H2,1H3,(H,19,22)(H,20,21). The molecule has 3 aromatic rings. The number of benzene rings is 2. The summed E-state index contributed by atoms with van der Waals surface area (Å²) in [5, 5.41) is 2.88. The molecule has 23 heavy (non-hydrogen) atoms. The van der Waals surface area contributed by atoms with E-state index >= 15 is 0 Å². The Hall–Kier alpha value is -2.66. The highest BCUT2D eigenvalue weighted by Crippen LogP contribution is 2.21. The molecule has 0 unspecified atom stereocenters. The van der Waals surface area contributed by atoms with Gasteiger partial charge in [-0.1, -0.05) is 30.3 Å². The van der Waals surface area contributed by atoms with Gasteiger partial charge in [0.15, 0.2) is 0 Å². The maximum Gasteiger partial charge on any atom is 0.251 e. The minimum atomic E-state index is -0.0844. The first kappa shape index (κ1) is 15.2. The van der Waals surface area contributed by atoms with Crippen molar-refractivity contribution in [3.8, 4) is 11.4 Å². The van der Waals surface area contributed by atoms with Crippen LogP contribution in [-0.4, -0.2) is 36.1 Å². The fourth-order valence-corrected chi connectivity index (χ4v) is 2.40. The van der Waals surface area contributed by atoms with Crippen LogP contribution >= 0.6 is 0 Å². The van der Waals surface area contributed by atoms with Crippen molar-refractivity contribution in [3.63, 3.8) is 0 Å². The Morgan fingerprint density at radius 3 is 2.83 bits per heavy atom. The van der Waals surface area contributed by atoms with Gasteiger partial charge in [-0.3, -0.25) is 4.79 Å². The Morgan fingerprint density at radius 1 is 1.22 bits per heavy atom. The normalized spacial score (nSPS) is 10.8. The Bertz CT molecular complexity index is 796. The highest BCUT2D eigenvalue weighted by atomic mass is 16.5. The van der Waals surface area contributed by atoms with E-state index in [-0.39, 0.29) is 5.91 Å². The molecule has 0 spiro atoms. The molecule has 5 nitrogen and oxygen atoms in total. The summed E-state index contributed by atoms with van der Waals surface area (Å²) in [6.07, 6.45) is 0.798. The Labute approximate surface area is 134 Å². The smallest absolute Gasteiger partial charge is 0.251 e. The van der Waals surface area contributed by atoms with E-state index in [1.165, 1.54) is 0 Å². The number of amides is 1. The number of hydrogen-bond donors (Lipinski definition) is 2. The average Bonchev–Trinajstić information content (AvgIpc) is 3.02. The number of methoxy groups -OCH3 is 1. The minimum absolute atomic E-state index is 0.0844. The number of ether oxygens (including phenoxy) is 1. The number of imidazole rings is 1. The molecular weight excluding hydrogens is 290 g/mol. The van der Waals surface area contributed by atoms with E-state index in [4.69, 9.17) is 4.74 Å². The van der Waals surface area contributed by atoms with Gasteiger partial charge >= 0.3 is 0 Å². The van der Waals surface area contributed by atoms with Crippen molar-refractivity contribution in [2.45, 2.75) is 6.42 Å². The molecule has 0 saturated heterocycles. The molecule has 1 heterocycles. The lowest BCUT2D eigenvalue weighted by Crippen LogP contribution is -2.25. The second kappa shape index (κ2) is 7.07. The lowest BCUT2D eigenvalue weighted by Gasteiger charge is -2.04. The first-order chi connectivity index (χ1) is 11.3. The second-order valence-corrected chi connectivity index (χ2v) is 5.29. The minimum Gasteiger partial charge on any atom is -0.385 e. The predicted molar refractivity (Wildman–Crippen MR) is 90.4 cm³/mol. The molecule has 0 radical (unpaired) electrons. The van der Waals surface area contributed by atoms with E-state index in [1.54, 1.807) is 13.2 Å². The number of aromatic nitrogens is 2. The fraction of sp³-hybridized carbons (Fsp3) is 0.222. The van der Waals surface area contributed by atoms with Gasteiger partial charge < -0.3 is 15.0 Å². The monoisotopic (exact) mass is 309 g/mol. The van der Waals surface area contributed by atoms with Crippen LogP contribution in [-0.2, 0) is 4.74 Å². The van der Waals surface area contributed by atoms with E-state index in [2.05, 4.69) is 15.3 Å². The highest BCUT2D eigenvalue weighted by molar-refractivity contribution is 5.97. The number of H-pyrrole nitrogens is 1. The van der Waals surface area contributed by atoms with Crippen LogP contribution in [0.15, 0.2) is 48.5 Å². The van der Waals surface area contributed by atoms with Crippen molar-refractivity contribution in [2.75, 3.05) is 20.3 Å². The van der Waals surface area contributed by atoms with Crippen LogP contribution in [0, 0.1) is 0 Å². The molecule has 0 aliphatic heterocycles. The van der Waals surface area contributed by atoms with Crippen molar-refractivity contribution in [3.05, 3.63) is 54.1 Å². The molecule has 0 bridgehead atoms. The summed E-state index contributed by atoms with van der Waals surface area (Å²) in [7, 11) is 1.65. The number of fused-ring (bicyclic) bond motifs is 1. The molecule has 1 amide bonds. The number of rotatable bonds is 6. The molecular formula is C18H19N3O2. The Morgan fingerprint density at radius 2 is 2.04 bits per heavy atom. The molecule has 0 aliphatic rings. The van der Waals surface area contributed by atoms with Crippen LogP contribution in [0.4, 0.5) is 0 Å². The maximum absolute atomic E-state index is 12.1. The van der Waals surface area contributed by atoms with Crippen LogP contribution in [0.5, 0.6) is 0 Å². The summed E-state index contributed by atoms with van der Waals surface area (Å²) < 4.78 is 4.97. The zero-order valence-electron chi connectivity index (χ0n) is 13.0. The first-order valence-electron chi connectivity index (χ1n) is 7.60. The molecule has 0 saturated carbocycles. The van der Waals surface area contributed by atoms with Gasteiger partial charge in [0.05, 0.1) is 11.0 Å². The van der Waals surface area contributed by atoms with Crippen molar-refractivity contribution >= 4 is 16.9 Å². The Kier molecular flexibility index (Phi) is 4.68. The van der Waals surface area contributed by atoms with E-state index in [9.17, 15) is 4.79 Å². The number of nitrogens with zero attached hydrogens (tertiary/aromatic N) is 1. The zero-order valence-corrected chi connectivity index (χ0v) is 13.0. The van der Waals surface area contributed by atoms with Crippen LogP contribution < -0.4 is 5.32 Å². The summed E-state index contributed by atoms with van der Waals surface area (Å²) in [6, 6.07) is 15.4. The molecule has 3 rings (SSSR count). The maximum atomic E-state index is 12.1. The van der Waals surface area contributed by atoms with Gasteiger partial charge in [-0.05, 0) is 24.6 Å².